The van der Waals surface area contributed by atoms with Crippen LogP contribution in [0.5, 0.6) is 0 Å². The van der Waals surface area contributed by atoms with E-state index in [1.807, 2.05) is 5.38 Å². The molecule has 0 aliphatic heterocycles. The van der Waals surface area contributed by atoms with Gasteiger partial charge in [-0.25, -0.2) is 4.98 Å². The number of hydrogen-bond acceptors (Lipinski definition) is 6. The van der Waals surface area contributed by atoms with Gasteiger partial charge < -0.3 is 5.32 Å². The van der Waals surface area contributed by atoms with Gasteiger partial charge in [-0.15, -0.1) is 22.7 Å². The topological polar surface area (TPSA) is 87.8 Å². The van der Waals surface area contributed by atoms with Crippen molar-refractivity contribution in [2.45, 2.75) is 38.6 Å². The van der Waals surface area contributed by atoms with Gasteiger partial charge in [0.25, 0.3) is 5.56 Å². The lowest BCUT2D eigenvalue weighted by Gasteiger charge is -2.09. The number of aromatic nitrogens is 2. The van der Waals surface area contributed by atoms with Crippen molar-refractivity contribution in [2.24, 2.45) is 0 Å². The Balaban J connectivity index is 1.47. The van der Waals surface area contributed by atoms with Crippen LogP contribution in [0.1, 0.15) is 35.3 Å². The smallest absolute Gasteiger partial charge is 0.262 e. The third-order valence-corrected chi connectivity index (χ3v) is 6.59. The van der Waals surface area contributed by atoms with Crippen molar-refractivity contribution in [1.29, 1.82) is 5.26 Å². The monoisotopic (exact) mass is 384 g/mol. The number of aryl methyl sites for hydroxylation is 2. The molecule has 0 aromatic carbocycles. The summed E-state index contributed by atoms with van der Waals surface area (Å²) in [7, 11) is 0. The van der Waals surface area contributed by atoms with Crippen LogP contribution in [0, 0.1) is 11.3 Å². The molecule has 3 aromatic heterocycles. The molecule has 26 heavy (non-hydrogen) atoms. The molecule has 1 aliphatic carbocycles. The second kappa shape index (κ2) is 7.02. The average Bonchev–Trinajstić information content (AvgIpc) is 3.25. The third kappa shape index (κ3) is 3.04. The van der Waals surface area contributed by atoms with Crippen LogP contribution in [0.25, 0.3) is 10.2 Å². The van der Waals surface area contributed by atoms with Crippen LogP contribution in [0.4, 0.5) is 5.00 Å². The Morgan fingerprint density at radius 2 is 2.23 bits per heavy atom. The maximum absolute atomic E-state index is 12.4. The molecule has 3 heterocycles. The summed E-state index contributed by atoms with van der Waals surface area (Å²) in [6, 6.07) is 3.99. The van der Waals surface area contributed by atoms with E-state index in [4.69, 9.17) is 0 Å². The van der Waals surface area contributed by atoms with Gasteiger partial charge in [0.15, 0.2) is 0 Å². The molecule has 1 N–H and O–H groups in total. The fourth-order valence-electron chi connectivity index (χ4n) is 3.24. The first-order chi connectivity index (χ1) is 12.7. The largest absolute Gasteiger partial charge is 0.317 e. The molecule has 1 amide bonds. The maximum atomic E-state index is 12.4. The summed E-state index contributed by atoms with van der Waals surface area (Å²) in [5.74, 6) is -0.197. The summed E-state index contributed by atoms with van der Waals surface area (Å²) in [5.41, 5.74) is 1.58. The molecule has 6 nitrogen and oxygen atoms in total. The highest BCUT2D eigenvalue weighted by atomic mass is 32.1. The number of fused-ring (bicyclic) bond motifs is 2. The van der Waals surface area contributed by atoms with Gasteiger partial charge in [-0.1, -0.05) is 0 Å². The van der Waals surface area contributed by atoms with E-state index in [0.717, 1.165) is 31.2 Å². The van der Waals surface area contributed by atoms with Crippen molar-refractivity contribution in [1.82, 2.24) is 9.55 Å². The summed E-state index contributed by atoms with van der Waals surface area (Å²) in [6.07, 6.45) is 5.75. The zero-order valence-corrected chi connectivity index (χ0v) is 15.6. The average molecular weight is 384 g/mol. The quantitative estimate of drug-likeness (QED) is 0.747. The summed E-state index contributed by atoms with van der Waals surface area (Å²) in [5, 5.41) is 15.4. The number of nitriles is 1. The Labute approximate surface area is 157 Å². The number of carbonyl (C=O) groups is 1. The van der Waals surface area contributed by atoms with Crippen molar-refractivity contribution in [2.75, 3.05) is 5.32 Å². The molecule has 0 bridgehead atoms. The van der Waals surface area contributed by atoms with Gasteiger partial charge in [-0.2, -0.15) is 5.26 Å². The summed E-state index contributed by atoms with van der Waals surface area (Å²) in [6.45, 7) is 0.260. The second-order valence-electron chi connectivity index (χ2n) is 6.21. The number of nitrogens with zero attached hydrogens (tertiary/aromatic N) is 3. The number of nitrogens with one attached hydrogen (secondary N) is 1. The Morgan fingerprint density at radius 3 is 3.08 bits per heavy atom. The molecule has 0 spiro atoms. The number of thiophene rings is 2. The van der Waals surface area contributed by atoms with Crippen molar-refractivity contribution in [3.63, 3.8) is 0 Å². The number of hydrogen-bond donors (Lipinski definition) is 1. The molecule has 0 radical (unpaired) electrons. The molecule has 0 unspecified atom stereocenters. The van der Waals surface area contributed by atoms with Crippen LogP contribution in [-0.2, 0) is 24.2 Å². The zero-order valence-electron chi connectivity index (χ0n) is 13.9. The number of carbonyl (C=O) groups excluding carboxylic acids is 1. The zero-order chi connectivity index (χ0) is 18.1. The molecule has 4 rings (SSSR count). The summed E-state index contributed by atoms with van der Waals surface area (Å²) >= 11 is 2.93. The Kier molecular flexibility index (Phi) is 4.57. The highest BCUT2D eigenvalue weighted by Crippen LogP contribution is 2.37. The second-order valence-corrected chi connectivity index (χ2v) is 8.21. The third-order valence-electron chi connectivity index (χ3n) is 4.57. The van der Waals surface area contributed by atoms with Gasteiger partial charge in [0.05, 0.1) is 17.3 Å². The summed E-state index contributed by atoms with van der Waals surface area (Å²) < 4.78 is 1.46. The Morgan fingerprint density at radius 1 is 1.38 bits per heavy atom. The minimum Gasteiger partial charge on any atom is -0.317 e. The van der Waals surface area contributed by atoms with Crippen molar-refractivity contribution < 1.29 is 4.79 Å². The van der Waals surface area contributed by atoms with E-state index in [9.17, 15) is 14.9 Å². The van der Waals surface area contributed by atoms with Gasteiger partial charge in [0.1, 0.15) is 15.9 Å². The standard InChI is InChI=1S/C18H16N4O2S2/c19-9-13-11-3-1-2-4-14(11)26-17(13)21-15(23)5-7-22-10-20-16-12(18(22)24)6-8-25-16/h6,8,10H,1-5,7H2,(H,21,23). The highest BCUT2D eigenvalue weighted by molar-refractivity contribution is 7.17. The fourth-order valence-corrected chi connectivity index (χ4v) is 5.22. The Hall–Kier alpha value is -2.50. The van der Waals surface area contributed by atoms with Crippen LogP contribution in [0.15, 0.2) is 22.6 Å². The molecule has 1 aliphatic rings. The normalized spacial score (nSPS) is 13.3. The predicted octanol–water partition coefficient (Wildman–Crippen LogP) is 3.30. The van der Waals surface area contributed by atoms with E-state index >= 15 is 0 Å². The van der Waals surface area contributed by atoms with E-state index in [1.54, 1.807) is 6.07 Å². The van der Waals surface area contributed by atoms with Gasteiger partial charge >= 0.3 is 0 Å². The van der Waals surface area contributed by atoms with Crippen molar-refractivity contribution >= 4 is 43.8 Å². The van der Waals surface area contributed by atoms with E-state index in [0.29, 0.717) is 20.8 Å². The molecule has 132 valence electrons. The van der Waals surface area contributed by atoms with Gasteiger partial charge in [0.2, 0.25) is 5.91 Å². The van der Waals surface area contributed by atoms with Crippen LogP contribution < -0.4 is 10.9 Å². The SMILES string of the molecule is N#Cc1c(NC(=O)CCn2cnc3sccc3c2=O)sc2c1CCCC2. The first-order valence-corrected chi connectivity index (χ1v) is 10.1. The molecular formula is C18H16N4O2S2. The fraction of sp³-hybridized carbons (Fsp3) is 0.333. The van der Waals surface area contributed by atoms with Gasteiger partial charge in [-0.05, 0) is 42.7 Å². The minimum absolute atomic E-state index is 0.131. The predicted molar refractivity (Wildman–Crippen MR) is 103 cm³/mol. The lowest BCUT2D eigenvalue weighted by Crippen LogP contribution is -2.23. The number of amides is 1. The molecule has 0 saturated carbocycles. The van der Waals surface area contributed by atoms with E-state index in [2.05, 4.69) is 16.4 Å². The first-order valence-electron chi connectivity index (χ1n) is 8.44. The molecule has 3 aromatic rings. The first kappa shape index (κ1) is 16.9. The van der Waals surface area contributed by atoms with Crippen LogP contribution in [0.2, 0.25) is 0 Å². The maximum Gasteiger partial charge on any atom is 0.262 e. The van der Waals surface area contributed by atoms with Crippen LogP contribution >= 0.6 is 22.7 Å². The van der Waals surface area contributed by atoms with E-state index < -0.39 is 0 Å². The minimum atomic E-state index is -0.197. The van der Waals surface area contributed by atoms with Gasteiger partial charge in [0, 0.05) is 17.8 Å². The highest BCUT2D eigenvalue weighted by Gasteiger charge is 2.21. The molecule has 0 atom stereocenters. The number of anilines is 1. The van der Waals surface area contributed by atoms with E-state index in [-0.39, 0.29) is 24.4 Å². The lowest BCUT2D eigenvalue weighted by atomic mass is 9.96. The molecule has 0 saturated heterocycles. The molecule has 0 fully saturated rings. The molecule has 8 heteroatoms. The van der Waals surface area contributed by atoms with Crippen molar-refractivity contribution in [3.05, 3.63) is 44.1 Å². The number of rotatable bonds is 4. The van der Waals surface area contributed by atoms with Crippen LogP contribution in [-0.4, -0.2) is 15.5 Å². The van der Waals surface area contributed by atoms with Gasteiger partial charge in [-0.3, -0.25) is 14.2 Å². The summed E-state index contributed by atoms with van der Waals surface area (Å²) in [4.78, 5) is 30.9. The van der Waals surface area contributed by atoms with E-state index in [1.165, 1.54) is 38.4 Å². The Bertz CT molecular complexity index is 1090. The lowest BCUT2D eigenvalue weighted by molar-refractivity contribution is -0.116. The molecular weight excluding hydrogens is 368 g/mol. The van der Waals surface area contributed by atoms with Crippen molar-refractivity contribution in [3.8, 4) is 6.07 Å². The van der Waals surface area contributed by atoms with Crippen LogP contribution in [0.3, 0.4) is 0 Å².